The van der Waals surface area contributed by atoms with E-state index < -0.39 is 0 Å². The van der Waals surface area contributed by atoms with Crippen LogP contribution >= 0.6 is 11.3 Å². The topological polar surface area (TPSA) is 89.4 Å². The first-order valence-electron chi connectivity index (χ1n) is 10.0. The molecule has 0 aliphatic carbocycles. The first-order chi connectivity index (χ1) is 14.5. The Hall–Kier alpha value is -2.62. The summed E-state index contributed by atoms with van der Waals surface area (Å²) in [7, 11) is 0. The second-order valence-electron chi connectivity index (χ2n) is 7.64. The van der Waals surface area contributed by atoms with Gasteiger partial charge in [0.15, 0.2) is 5.13 Å². The molecule has 1 saturated heterocycles. The fourth-order valence-electron chi connectivity index (χ4n) is 3.81. The summed E-state index contributed by atoms with van der Waals surface area (Å²) in [4.78, 5) is 31.2. The van der Waals surface area contributed by atoms with Gasteiger partial charge in [-0.15, -0.1) is 11.3 Å². The largest absolute Gasteiger partial charge is 0.373 e. The Kier molecular flexibility index (Phi) is 6.21. The highest BCUT2D eigenvalue weighted by Gasteiger charge is 2.22. The molecule has 0 spiro atoms. The van der Waals surface area contributed by atoms with Crippen molar-refractivity contribution in [3.63, 3.8) is 0 Å². The minimum Gasteiger partial charge on any atom is -0.373 e. The van der Waals surface area contributed by atoms with Gasteiger partial charge in [-0.25, -0.2) is 4.98 Å². The van der Waals surface area contributed by atoms with Gasteiger partial charge in [-0.2, -0.15) is 5.10 Å². The number of aryl methyl sites for hydroxylation is 1. The van der Waals surface area contributed by atoms with E-state index in [0.717, 1.165) is 30.8 Å². The highest BCUT2D eigenvalue weighted by molar-refractivity contribution is 7.13. The van der Waals surface area contributed by atoms with Gasteiger partial charge >= 0.3 is 0 Å². The van der Waals surface area contributed by atoms with Crippen LogP contribution in [0.4, 0.5) is 5.13 Å². The first kappa shape index (κ1) is 20.6. The number of hydrogen-bond donors (Lipinski definition) is 1. The summed E-state index contributed by atoms with van der Waals surface area (Å²) in [6.07, 6.45) is 1.96. The third-order valence-electron chi connectivity index (χ3n) is 4.99. The molecular formula is C21H25N5O3S. The molecule has 0 radical (unpaired) electrons. The van der Waals surface area contributed by atoms with Gasteiger partial charge in [0.2, 0.25) is 11.3 Å². The van der Waals surface area contributed by atoms with Crippen molar-refractivity contribution < 1.29 is 9.53 Å². The number of fused-ring (bicyclic) bond motifs is 1. The molecule has 0 saturated carbocycles. The first-order valence-corrected chi connectivity index (χ1v) is 10.9. The standard InChI is InChI=1S/C21H25N5O3S/c1-14-10-25(11-15(2)29-14)12-16-13-30-21(23-16)24-20(28)7-8-26-18-6-4-3-5-17(18)19(27)9-22-26/h3-6,9,13-15H,7-8,10-12H2,1-2H3,(H,23,24,28). The number of nitrogens with zero attached hydrogens (tertiary/aromatic N) is 4. The number of aromatic nitrogens is 3. The van der Waals surface area contributed by atoms with Crippen LogP contribution in [0.2, 0.25) is 0 Å². The van der Waals surface area contributed by atoms with Gasteiger partial charge in [0.1, 0.15) is 0 Å². The van der Waals surface area contributed by atoms with Gasteiger partial charge in [0, 0.05) is 36.8 Å². The normalized spacial score (nSPS) is 19.8. The van der Waals surface area contributed by atoms with E-state index in [1.54, 1.807) is 10.7 Å². The molecule has 30 heavy (non-hydrogen) atoms. The van der Waals surface area contributed by atoms with Gasteiger partial charge in [0.25, 0.3) is 0 Å². The lowest BCUT2D eigenvalue weighted by Gasteiger charge is -2.34. The predicted octanol–water partition coefficient (Wildman–Crippen LogP) is 2.49. The quantitative estimate of drug-likeness (QED) is 0.650. The molecule has 0 bridgehead atoms. The van der Waals surface area contributed by atoms with Crippen molar-refractivity contribution in [3.8, 4) is 0 Å². The second-order valence-corrected chi connectivity index (χ2v) is 8.50. The van der Waals surface area contributed by atoms with Crippen molar-refractivity contribution in [3.05, 3.63) is 51.8 Å². The van der Waals surface area contributed by atoms with Crippen molar-refractivity contribution in [2.45, 2.75) is 45.6 Å². The minimum atomic E-state index is -0.130. The molecule has 158 valence electrons. The third kappa shape index (κ3) is 4.92. The van der Waals surface area contributed by atoms with Crippen LogP contribution in [-0.2, 0) is 22.6 Å². The van der Waals surface area contributed by atoms with Gasteiger partial charge in [-0.1, -0.05) is 12.1 Å². The average molecular weight is 428 g/mol. The Morgan fingerprint density at radius 3 is 2.83 bits per heavy atom. The van der Waals surface area contributed by atoms with Crippen LogP contribution in [0.1, 0.15) is 26.0 Å². The van der Waals surface area contributed by atoms with Crippen LogP contribution in [-0.4, -0.2) is 50.9 Å². The Morgan fingerprint density at radius 2 is 2.03 bits per heavy atom. The molecule has 1 aliphatic rings. The summed E-state index contributed by atoms with van der Waals surface area (Å²) in [6.45, 7) is 7.05. The van der Waals surface area contributed by atoms with E-state index in [9.17, 15) is 9.59 Å². The van der Waals surface area contributed by atoms with Crippen molar-refractivity contribution >= 4 is 33.3 Å². The summed E-state index contributed by atoms with van der Waals surface area (Å²) in [5.74, 6) is -0.130. The number of ether oxygens (including phenoxy) is 1. The lowest BCUT2D eigenvalue weighted by molar-refractivity contribution is -0.116. The lowest BCUT2D eigenvalue weighted by Crippen LogP contribution is -2.44. The smallest absolute Gasteiger partial charge is 0.228 e. The minimum absolute atomic E-state index is 0.120. The number of carbonyl (C=O) groups excluding carboxylic acids is 1. The van der Waals surface area contributed by atoms with Gasteiger partial charge in [-0.3, -0.25) is 19.2 Å². The SMILES string of the molecule is CC1CN(Cc2csc(NC(=O)CCn3ncc(=O)c4ccccc43)n2)CC(C)O1. The van der Waals surface area contributed by atoms with Crippen LogP contribution < -0.4 is 10.7 Å². The van der Waals surface area contributed by atoms with Crippen LogP contribution in [0.3, 0.4) is 0 Å². The van der Waals surface area contributed by atoms with Crippen molar-refractivity contribution in [2.24, 2.45) is 0 Å². The highest BCUT2D eigenvalue weighted by atomic mass is 32.1. The molecule has 9 heteroatoms. The number of amides is 1. The number of hydrogen-bond acceptors (Lipinski definition) is 7. The zero-order valence-corrected chi connectivity index (χ0v) is 17.9. The number of carbonyl (C=O) groups is 1. The Labute approximate surface area is 178 Å². The van der Waals surface area contributed by atoms with Crippen LogP contribution in [0.15, 0.2) is 40.6 Å². The van der Waals surface area contributed by atoms with Crippen molar-refractivity contribution in [1.29, 1.82) is 0 Å². The molecular weight excluding hydrogens is 402 g/mol. The molecule has 3 heterocycles. The summed E-state index contributed by atoms with van der Waals surface area (Å²) in [5.41, 5.74) is 1.55. The van der Waals surface area contributed by atoms with E-state index in [2.05, 4.69) is 34.1 Å². The molecule has 1 aromatic carbocycles. The Bertz CT molecular complexity index is 1090. The maximum atomic E-state index is 12.4. The average Bonchev–Trinajstić information content (AvgIpc) is 3.13. The molecule has 1 amide bonds. The van der Waals surface area contributed by atoms with E-state index in [1.807, 2.05) is 23.6 Å². The molecule has 2 atom stereocenters. The highest BCUT2D eigenvalue weighted by Crippen LogP contribution is 2.19. The van der Waals surface area contributed by atoms with Gasteiger partial charge in [0.05, 0.1) is 36.2 Å². The Balaban J connectivity index is 1.33. The molecule has 4 rings (SSSR count). The van der Waals surface area contributed by atoms with Crippen LogP contribution in [0.25, 0.3) is 10.9 Å². The second kappa shape index (κ2) is 9.03. The summed E-state index contributed by atoms with van der Waals surface area (Å²) < 4.78 is 7.45. The zero-order chi connectivity index (χ0) is 21.1. The summed E-state index contributed by atoms with van der Waals surface area (Å²) >= 11 is 1.43. The summed E-state index contributed by atoms with van der Waals surface area (Å²) in [5, 5.41) is 10.2. The van der Waals surface area contributed by atoms with E-state index in [4.69, 9.17) is 4.74 Å². The summed E-state index contributed by atoms with van der Waals surface area (Å²) in [6, 6.07) is 7.28. The fraction of sp³-hybridized carbons (Fsp3) is 0.429. The number of anilines is 1. The van der Waals surface area contributed by atoms with E-state index >= 15 is 0 Å². The third-order valence-corrected chi connectivity index (χ3v) is 5.80. The molecule has 3 aromatic rings. The van der Waals surface area contributed by atoms with Crippen molar-refractivity contribution in [2.75, 3.05) is 18.4 Å². The van der Waals surface area contributed by atoms with E-state index in [1.165, 1.54) is 17.5 Å². The van der Waals surface area contributed by atoms with Gasteiger partial charge in [-0.05, 0) is 26.0 Å². The lowest BCUT2D eigenvalue weighted by atomic mass is 10.2. The maximum absolute atomic E-state index is 12.4. The van der Waals surface area contributed by atoms with E-state index in [-0.39, 0.29) is 30.0 Å². The number of thiazole rings is 1. The monoisotopic (exact) mass is 427 g/mol. The number of benzene rings is 1. The maximum Gasteiger partial charge on any atom is 0.228 e. The molecule has 2 unspecified atom stereocenters. The molecule has 2 aromatic heterocycles. The van der Waals surface area contributed by atoms with E-state index in [0.29, 0.717) is 17.1 Å². The van der Waals surface area contributed by atoms with Crippen LogP contribution in [0, 0.1) is 0 Å². The number of para-hydroxylation sites is 1. The van der Waals surface area contributed by atoms with Gasteiger partial charge < -0.3 is 10.1 Å². The zero-order valence-electron chi connectivity index (χ0n) is 17.1. The Morgan fingerprint density at radius 1 is 1.27 bits per heavy atom. The molecule has 8 nitrogen and oxygen atoms in total. The molecule has 1 fully saturated rings. The number of rotatable bonds is 6. The number of nitrogens with one attached hydrogen (secondary N) is 1. The van der Waals surface area contributed by atoms with Crippen molar-refractivity contribution in [1.82, 2.24) is 19.7 Å². The molecule has 1 N–H and O–H groups in total. The predicted molar refractivity (Wildman–Crippen MR) is 117 cm³/mol. The fourth-order valence-corrected chi connectivity index (χ4v) is 4.53. The van der Waals surface area contributed by atoms with Crippen LogP contribution in [0.5, 0.6) is 0 Å². The molecule has 1 aliphatic heterocycles. The number of morpholine rings is 1.